The number of para-hydroxylation sites is 2. The Hall–Kier alpha value is -1.59. The Morgan fingerprint density at radius 2 is 2.04 bits per heavy atom. The third-order valence-electron chi connectivity index (χ3n) is 5.77. The van der Waals surface area contributed by atoms with E-state index in [1.807, 2.05) is 28.8 Å². The van der Waals surface area contributed by atoms with E-state index in [9.17, 15) is 4.79 Å². The van der Waals surface area contributed by atoms with Gasteiger partial charge in [-0.2, -0.15) is 0 Å². The molecule has 2 aromatic rings. The van der Waals surface area contributed by atoms with Crippen molar-refractivity contribution in [3.05, 3.63) is 34.7 Å². The molecule has 124 valence electrons. The smallest absolute Gasteiger partial charge is 0.326 e. The number of nitrogens with zero attached hydrogens (tertiary/aromatic N) is 2. The fourth-order valence-corrected chi connectivity index (χ4v) is 4.57. The van der Waals surface area contributed by atoms with Gasteiger partial charge in [-0.15, -0.1) is 0 Å². The van der Waals surface area contributed by atoms with Gasteiger partial charge in [0.05, 0.1) is 11.0 Å². The quantitative estimate of drug-likeness (QED) is 0.904. The highest BCUT2D eigenvalue weighted by Gasteiger charge is 2.38. The fourth-order valence-electron chi connectivity index (χ4n) is 4.57. The van der Waals surface area contributed by atoms with E-state index in [1.165, 1.54) is 25.8 Å². The Balaban J connectivity index is 1.37. The van der Waals surface area contributed by atoms with Gasteiger partial charge in [0, 0.05) is 25.7 Å². The van der Waals surface area contributed by atoms with Gasteiger partial charge in [-0.05, 0) is 49.8 Å². The molecule has 2 heterocycles. The first-order chi connectivity index (χ1) is 11.2. The number of rotatable bonds is 4. The summed E-state index contributed by atoms with van der Waals surface area (Å²) in [6, 6.07) is 8.31. The number of aryl methyl sites for hydroxylation is 1. The third kappa shape index (κ3) is 2.83. The molecule has 0 radical (unpaired) electrons. The second kappa shape index (κ2) is 6.13. The minimum atomic E-state index is 0.00307. The summed E-state index contributed by atoms with van der Waals surface area (Å²) in [5.41, 5.74) is 8.23. The van der Waals surface area contributed by atoms with E-state index in [0.717, 1.165) is 43.0 Å². The molecule has 1 aromatic carbocycles. The molecule has 2 fully saturated rings. The molecule has 3 atom stereocenters. The monoisotopic (exact) mass is 314 g/mol. The van der Waals surface area contributed by atoms with Crippen molar-refractivity contribution in [2.24, 2.45) is 17.6 Å². The van der Waals surface area contributed by atoms with E-state index in [-0.39, 0.29) is 5.69 Å². The zero-order valence-electron chi connectivity index (χ0n) is 13.6. The molecule has 1 aliphatic carbocycles. The number of hydrogen-bond acceptors (Lipinski definition) is 3. The van der Waals surface area contributed by atoms with Gasteiger partial charge in [-0.25, -0.2) is 4.79 Å². The number of H-pyrrole nitrogens is 1. The van der Waals surface area contributed by atoms with Crippen LogP contribution in [0, 0.1) is 11.8 Å². The maximum Gasteiger partial charge on any atom is 0.326 e. The molecule has 5 nitrogen and oxygen atoms in total. The number of nitrogens with two attached hydrogens (primary N) is 1. The number of aromatic nitrogens is 2. The molecule has 3 N–H and O–H groups in total. The van der Waals surface area contributed by atoms with Gasteiger partial charge >= 0.3 is 5.69 Å². The molecular weight excluding hydrogens is 288 g/mol. The molecule has 3 unspecified atom stereocenters. The zero-order chi connectivity index (χ0) is 15.8. The van der Waals surface area contributed by atoms with Crippen molar-refractivity contribution in [3.8, 4) is 0 Å². The van der Waals surface area contributed by atoms with Crippen molar-refractivity contribution in [1.82, 2.24) is 14.5 Å². The van der Waals surface area contributed by atoms with Crippen LogP contribution in [0.5, 0.6) is 0 Å². The lowest BCUT2D eigenvalue weighted by Gasteiger charge is -2.29. The molecule has 23 heavy (non-hydrogen) atoms. The molecule has 4 rings (SSSR count). The first kappa shape index (κ1) is 15.0. The average molecular weight is 314 g/mol. The summed E-state index contributed by atoms with van der Waals surface area (Å²) >= 11 is 0. The summed E-state index contributed by atoms with van der Waals surface area (Å²) in [7, 11) is 0. The number of nitrogens with one attached hydrogen (secondary N) is 1. The van der Waals surface area contributed by atoms with Gasteiger partial charge < -0.3 is 15.6 Å². The predicted octanol–water partition coefficient (Wildman–Crippen LogP) is 1.78. The normalized spacial score (nSPS) is 28.3. The van der Waals surface area contributed by atoms with Crippen LogP contribution in [-0.2, 0) is 6.54 Å². The standard InChI is InChI=1S/C18H26N4O/c19-15-6-3-5-13-11-21(12-14(13)15)9-4-10-22-17-8-2-1-7-16(17)20-18(22)23/h1-2,7-8,13-15H,3-6,9-12,19H2,(H,20,23). The summed E-state index contributed by atoms with van der Waals surface area (Å²) in [5.74, 6) is 1.49. The van der Waals surface area contributed by atoms with Gasteiger partial charge in [0.2, 0.25) is 0 Å². The van der Waals surface area contributed by atoms with Crippen LogP contribution < -0.4 is 11.4 Å². The van der Waals surface area contributed by atoms with Crippen LogP contribution in [0.25, 0.3) is 11.0 Å². The number of aromatic amines is 1. The minimum Gasteiger partial charge on any atom is -0.327 e. The predicted molar refractivity (Wildman–Crippen MR) is 92.4 cm³/mol. The van der Waals surface area contributed by atoms with E-state index in [4.69, 9.17) is 5.73 Å². The Morgan fingerprint density at radius 3 is 2.91 bits per heavy atom. The van der Waals surface area contributed by atoms with Crippen LogP contribution in [0.1, 0.15) is 25.7 Å². The van der Waals surface area contributed by atoms with Crippen LogP contribution >= 0.6 is 0 Å². The van der Waals surface area contributed by atoms with E-state index in [1.54, 1.807) is 0 Å². The fraction of sp³-hybridized carbons (Fsp3) is 0.611. The summed E-state index contributed by atoms with van der Waals surface area (Å²) in [5, 5.41) is 0. The van der Waals surface area contributed by atoms with Gasteiger partial charge in [-0.3, -0.25) is 4.57 Å². The van der Waals surface area contributed by atoms with E-state index in [2.05, 4.69) is 9.88 Å². The second-order valence-electron chi connectivity index (χ2n) is 7.23. The first-order valence-electron chi connectivity index (χ1n) is 8.88. The molecular formula is C18H26N4O. The summed E-state index contributed by atoms with van der Waals surface area (Å²) in [6.45, 7) is 4.18. The average Bonchev–Trinajstić information content (AvgIpc) is 3.10. The number of benzene rings is 1. The van der Waals surface area contributed by atoms with Crippen LogP contribution in [-0.4, -0.2) is 40.1 Å². The maximum absolute atomic E-state index is 12.1. The van der Waals surface area contributed by atoms with Gasteiger partial charge in [0.1, 0.15) is 0 Å². The summed E-state index contributed by atoms with van der Waals surface area (Å²) < 4.78 is 1.87. The summed E-state index contributed by atoms with van der Waals surface area (Å²) in [4.78, 5) is 17.6. The second-order valence-corrected chi connectivity index (χ2v) is 7.23. The number of hydrogen-bond donors (Lipinski definition) is 2. The Kier molecular flexibility index (Phi) is 3.99. The molecule has 0 spiro atoms. The first-order valence-corrected chi connectivity index (χ1v) is 8.88. The lowest BCUT2D eigenvalue weighted by atomic mass is 9.78. The lowest BCUT2D eigenvalue weighted by Crippen LogP contribution is -2.38. The molecule has 5 heteroatoms. The Bertz CT molecular complexity index is 734. The van der Waals surface area contributed by atoms with Crippen LogP contribution in [0.2, 0.25) is 0 Å². The molecule has 0 bridgehead atoms. The highest BCUT2D eigenvalue weighted by atomic mass is 16.1. The third-order valence-corrected chi connectivity index (χ3v) is 5.77. The molecule has 1 saturated carbocycles. The number of likely N-dealkylation sites (tertiary alicyclic amines) is 1. The molecule has 1 saturated heterocycles. The van der Waals surface area contributed by atoms with Gasteiger partial charge in [0.15, 0.2) is 0 Å². The van der Waals surface area contributed by atoms with Crippen LogP contribution in [0.3, 0.4) is 0 Å². The topological polar surface area (TPSA) is 67.0 Å². The largest absolute Gasteiger partial charge is 0.327 e. The van der Waals surface area contributed by atoms with Gasteiger partial charge in [0.25, 0.3) is 0 Å². The highest BCUT2D eigenvalue weighted by molar-refractivity contribution is 5.74. The van der Waals surface area contributed by atoms with Crippen molar-refractivity contribution in [2.45, 2.75) is 38.3 Å². The Labute approximate surface area is 136 Å². The van der Waals surface area contributed by atoms with Crippen molar-refractivity contribution < 1.29 is 0 Å². The molecule has 1 aliphatic heterocycles. The number of imidazole rings is 1. The van der Waals surface area contributed by atoms with Crippen molar-refractivity contribution in [1.29, 1.82) is 0 Å². The van der Waals surface area contributed by atoms with Crippen molar-refractivity contribution in [3.63, 3.8) is 0 Å². The molecule has 2 aliphatic rings. The van der Waals surface area contributed by atoms with E-state index >= 15 is 0 Å². The lowest BCUT2D eigenvalue weighted by molar-refractivity contribution is 0.259. The van der Waals surface area contributed by atoms with Gasteiger partial charge in [-0.1, -0.05) is 18.6 Å². The minimum absolute atomic E-state index is 0.00307. The van der Waals surface area contributed by atoms with Crippen molar-refractivity contribution in [2.75, 3.05) is 19.6 Å². The zero-order valence-corrected chi connectivity index (χ0v) is 13.6. The highest BCUT2D eigenvalue weighted by Crippen LogP contribution is 2.35. The Morgan fingerprint density at radius 1 is 1.17 bits per heavy atom. The number of fused-ring (bicyclic) bond motifs is 2. The van der Waals surface area contributed by atoms with Crippen LogP contribution in [0.15, 0.2) is 29.1 Å². The summed E-state index contributed by atoms with van der Waals surface area (Å²) in [6.07, 6.45) is 4.84. The molecule has 0 amide bonds. The maximum atomic E-state index is 12.1. The van der Waals surface area contributed by atoms with Crippen molar-refractivity contribution >= 4 is 11.0 Å². The van der Waals surface area contributed by atoms with E-state index < -0.39 is 0 Å². The van der Waals surface area contributed by atoms with Crippen LogP contribution in [0.4, 0.5) is 0 Å². The molecule has 1 aromatic heterocycles. The van der Waals surface area contributed by atoms with E-state index in [0.29, 0.717) is 12.0 Å². The SMILES string of the molecule is NC1CCCC2CN(CCCn3c(=O)[nH]c4ccccc43)CC12.